The average molecular weight is 456 g/mol. The maximum Gasteiger partial charge on any atom is 0.417 e. The second-order valence-corrected chi connectivity index (χ2v) is 8.54. The van der Waals surface area contributed by atoms with E-state index in [0.29, 0.717) is 22.6 Å². The van der Waals surface area contributed by atoms with Gasteiger partial charge in [0.2, 0.25) is 15.9 Å². The Balaban J connectivity index is 1.58. The number of pyridine rings is 1. The number of hydrogen-bond donors (Lipinski definition) is 2. The van der Waals surface area contributed by atoms with Gasteiger partial charge in [0.15, 0.2) is 5.13 Å². The molecule has 0 aliphatic carbocycles. The van der Waals surface area contributed by atoms with Crippen LogP contribution in [0, 0.1) is 0 Å². The van der Waals surface area contributed by atoms with Crippen molar-refractivity contribution in [3.63, 3.8) is 0 Å². The Labute approximate surface area is 174 Å². The maximum atomic E-state index is 13.0. The summed E-state index contributed by atoms with van der Waals surface area (Å²) in [5, 5.41) is 4.52. The zero-order valence-electron chi connectivity index (χ0n) is 15.2. The number of carbonyl (C=O) groups excluding carboxylic acids is 1. The fourth-order valence-electron chi connectivity index (χ4n) is 2.46. The number of nitrogens with zero attached hydrogens (tertiary/aromatic N) is 2. The summed E-state index contributed by atoms with van der Waals surface area (Å²) in [5.41, 5.74) is -0.0718. The molecule has 2 heterocycles. The van der Waals surface area contributed by atoms with Crippen molar-refractivity contribution in [1.82, 2.24) is 14.7 Å². The van der Waals surface area contributed by atoms with E-state index in [2.05, 4.69) is 15.3 Å². The van der Waals surface area contributed by atoms with Crippen LogP contribution < -0.4 is 10.0 Å². The molecule has 2 aromatic heterocycles. The van der Waals surface area contributed by atoms with Crippen LogP contribution in [0.15, 0.2) is 58.9 Å². The second kappa shape index (κ2) is 8.90. The number of halogens is 3. The summed E-state index contributed by atoms with van der Waals surface area (Å²) in [6.45, 7) is -0.376. The van der Waals surface area contributed by atoms with Crippen LogP contribution in [0.1, 0.15) is 12.0 Å². The molecule has 12 heteroatoms. The summed E-state index contributed by atoms with van der Waals surface area (Å²) < 4.78 is 65.6. The van der Waals surface area contributed by atoms with Gasteiger partial charge >= 0.3 is 6.18 Å². The Morgan fingerprint density at radius 2 is 1.80 bits per heavy atom. The van der Waals surface area contributed by atoms with Gasteiger partial charge in [-0.25, -0.2) is 18.1 Å². The van der Waals surface area contributed by atoms with Crippen molar-refractivity contribution in [1.29, 1.82) is 0 Å². The monoisotopic (exact) mass is 456 g/mol. The van der Waals surface area contributed by atoms with Gasteiger partial charge in [0.25, 0.3) is 0 Å². The Bertz CT molecular complexity index is 1130. The van der Waals surface area contributed by atoms with Crippen molar-refractivity contribution in [3.05, 3.63) is 59.6 Å². The molecule has 0 fully saturated rings. The molecule has 0 spiro atoms. The van der Waals surface area contributed by atoms with Crippen molar-refractivity contribution in [3.8, 4) is 11.4 Å². The molecule has 0 saturated heterocycles. The van der Waals surface area contributed by atoms with E-state index in [9.17, 15) is 26.4 Å². The molecule has 1 aromatic carbocycles. The molecule has 0 radical (unpaired) electrons. The van der Waals surface area contributed by atoms with Crippen molar-refractivity contribution < 1.29 is 26.4 Å². The standard InChI is InChI=1S/C18H15F3N4O3S2/c19-18(20,21)12-5-1-2-7-15(12)30(27,28)23-10-8-16(26)25-17-24-14(11-29-17)13-6-3-4-9-22-13/h1-7,9,11,23H,8,10H2,(H,24,25,26). The van der Waals surface area contributed by atoms with Crippen molar-refractivity contribution in [2.45, 2.75) is 17.5 Å². The number of carbonyl (C=O) groups is 1. The molecule has 0 atom stereocenters. The number of rotatable bonds is 7. The zero-order valence-corrected chi connectivity index (χ0v) is 16.8. The number of anilines is 1. The Morgan fingerprint density at radius 3 is 2.50 bits per heavy atom. The molecule has 0 saturated carbocycles. The lowest BCUT2D eigenvalue weighted by Gasteiger charge is -2.13. The zero-order chi connectivity index (χ0) is 21.8. The van der Waals surface area contributed by atoms with E-state index in [4.69, 9.17) is 0 Å². The van der Waals surface area contributed by atoms with Gasteiger partial charge in [-0.05, 0) is 24.3 Å². The van der Waals surface area contributed by atoms with E-state index in [1.165, 1.54) is 17.4 Å². The molecule has 158 valence electrons. The van der Waals surface area contributed by atoms with Crippen LogP contribution >= 0.6 is 11.3 Å². The maximum absolute atomic E-state index is 13.0. The van der Waals surface area contributed by atoms with Crippen LogP contribution in [0.5, 0.6) is 0 Å². The van der Waals surface area contributed by atoms with Crippen LogP contribution in [0.25, 0.3) is 11.4 Å². The number of sulfonamides is 1. The number of hydrogen-bond acceptors (Lipinski definition) is 6. The van der Waals surface area contributed by atoms with Gasteiger partial charge in [-0.1, -0.05) is 18.2 Å². The normalized spacial score (nSPS) is 12.0. The summed E-state index contributed by atoms with van der Waals surface area (Å²) in [6.07, 6.45) is -3.50. The van der Waals surface area contributed by atoms with E-state index < -0.39 is 32.6 Å². The van der Waals surface area contributed by atoms with E-state index in [1.54, 1.807) is 29.8 Å². The number of nitrogens with one attached hydrogen (secondary N) is 2. The van der Waals surface area contributed by atoms with Crippen molar-refractivity contribution >= 4 is 32.4 Å². The van der Waals surface area contributed by atoms with Crippen LogP contribution in [0.3, 0.4) is 0 Å². The number of alkyl halides is 3. The first-order valence-electron chi connectivity index (χ1n) is 8.49. The third-order valence-corrected chi connectivity index (χ3v) is 6.08. The van der Waals surface area contributed by atoms with Crippen molar-refractivity contribution in [2.75, 3.05) is 11.9 Å². The average Bonchev–Trinajstić information content (AvgIpc) is 3.16. The summed E-state index contributed by atoms with van der Waals surface area (Å²) in [7, 11) is -4.45. The van der Waals surface area contributed by atoms with Gasteiger partial charge in [0.1, 0.15) is 5.69 Å². The number of aromatic nitrogens is 2. The van der Waals surface area contributed by atoms with Crippen LogP contribution in [0.2, 0.25) is 0 Å². The van der Waals surface area contributed by atoms with Crippen molar-refractivity contribution in [2.24, 2.45) is 0 Å². The summed E-state index contributed by atoms with van der Waals surface area (Å²) in [6, 6.07) is 9.15. The highest BCUT2D eigenvalue weighted by Gasteiger charge is 2.36. The largest absolute Gasteiger partial charge is 0.417 e. The van der Waals surface area contributed by atoms with Gasteiger partial charge in [-0.2, -0.15) is 13.2 Å². The summed E-state index contributed by atoms with van der Waals surface area (Å²) >= 11 is 1.17. The Morgan fingerprint density at radius 1 is 1.07 bits per heavy atom. The smallest absolute Gasteiger partial charge is 0.302 e. The van der Waals surface area contributed by atoms with Crippen LogP contribution in [-0.2, 0) is 21.0 Å². The molecule has 0 aliphatic heterocycles. The predicted molar refractivity (Wildman–Crippen MR) is 105 cm³/mol. The minimum atomic E-state index is -4.82. The minimum Gasteiger partial charge on any atom is -0.302 e. The lowest BCUT2D eigenvalue weighted by molar-refractivity contribution is -0.139. The molecule has 0 bridgehead atoms. The Hall–Kier alpha value is -2.83. The van der Waals surface area contributed by atoms with E-state index in [-0.39, 0.29) is 13.0 Å². The molecule has 7 nitrogen and oxygen atoms in total. The summed E-state index contributed by atoms with van der Waals surface area (Å²) in [5.74, 6) is -0.538. The first kappa shape index (κ1) is 21.9. The van der Waals surface area contributed by atoms with E-state index >= 15 is 0 Å². The minimum absolute atomic E-state index is 0.286. The molecule has 3 aromatic rings. The first-order valence-corrected chi connectivity index (χ1v) is 10.9. The molecule has 2 N–H and O–H groups in total. The molecule has 0 unspecified atom stereocenters. The van der Waals surface area contributed by atoms with Crippen LogP contribution in [0.4, 0.5) is 18.3 Å². The lowest BCUT2D eigenvalue weighted by atomic mass is 10.2. The van der Waals surface area contributed by atoms with Gasteiger partial charge in [-0.15, -0.1) is 11.3 Å². The molecule has 1 amide bonds. The van der Waals surface area contributed by atoms with Gasteiger partial charge in [0.05, 0.1) is 16.2 Å². The molecule has 30 heavy (non-hydrogen) atoms. The van der Waals surface area contributed by atoms with Gasteiger partial charge in [-0.3, -0.25) is 9.78 Å². The summed E-state index contributed by atoms with van der Waals surface area (Å²) in [4.78, 5) is 19.5. The van der Waals surface area contributed by atoms with E-state index in [0.717, 1.165) is 12.1 Å². The predicted octanol–water partition coefficient (Wildman–Crippen LogP) is 3.53. The highest BCUT2D eigenvalue weighted by atomic mass is 32.2. The molecule has 3 rings (SSSR count). The van der Waals surface area contributed by atoms with E-state index in [1.807, 2.05) is 4.72 Å². The molecular weight excluding hydrogens is 441 g/mol. The number of benzene rings is 1. The first-order chi connectivity index (χ1) is 14.2. The quantitative estimate of drug-likeness (QED) is 0.567. The lowest BCUT2D eigenvalue weighted by Crippen LogP contribution is -2.29. The fraction of sp³-hybridized carbons (Fsp3) is 0.167. The number of amides is 1. The molecule has 0 aliphatic rings. The van der Waals surface area contributed by atoms with Crippen LogP contribution in [-0.4, -0.2) is 30.8 Å². The fourth-order valence-corrected chi connectivity index (χ4v) is 4.43. The molecular formula is C18H15F3N4O3S2. The second-order valence-electron chi connectivity index (χ2n) is 5.94. The third-order valence-electron chi connectivity index (χ3n) is 3.80. The Kier molecular flexibility index (Phi) is 6.48. The topological polar surface area (TPSA) is 101 Å². The highest BCUT2D eigenvalue weighted by Crippen LogP contribution is 2.33. The van der Waals surface area contributed by atoms with Gasteiger partial charge in [0, 0.05) is 24.5 Å². The third kappa shape index (κ3) is 5.40. The SMILES string of the molecule is O=C(CCNS(=O)(=O)c1ccccc1C(F)(F)F)Nc1nc(-c2ccccn2)cs1. The highest BCUT2D eigenvalue weighted by molar-refractivity contribution is 7.89. The van der Waals surface area contributed by atoms with Gasteiger partial charge < -0.3 is 5.32 Å². The number of thiazole rings is 1.